The maximum Gasteiger partial charge on any atom is 0.270 e. The first-order valence-corrected chi connectivity index (χ1v) is 12.6. The largest absolute Gasteiger partial charge is 0.491 e. The van der Waals surface area contributed by atoms with Gasteiger partial charge in [-0.05, 0) is 41.4 Å². The number of aromatic nitrogens is 4. The molecule has 2 N–H and O–H groups in total. The fourth-order valence-corrected chi connectivity index (χ4v) is 4.81. The Bertz CT molecular complexity index is 1210. The monoisotopic (exact) mass is 497 g/mol. The van der Waals surface area contributed by atoms with Crippen molar-refractivity contribution < 1.29 is 9.53 Å². The van der Waals surface area contributed by atoms with Gasteiger partial charge >= 0.3 is 0 Å². The number of hydrogen-bond acceptors (Lipinski definition) is 7. The topological polar surface area (TPSA) is 99.3 Å². The van der Waals surface area contributed by atoms with E-state index < -0.39 is 0 Å². The smallest absolute Gasteiger partial charge is 0.270 e. The van der Waals surface area contributed by atoms with Crippen LogP contribution in [0.3, 0.4) is 0 Å². The summed E-state index contributed by atoms with van der Waals surface area (Å²) in [6.45, 7) is 5.25. The summed E-state index contributed by atoms with van der Waals surface area (Å²) in [5, 5.41) is 15.9. The first-order chi connectivity index (χ1) is 18.3. The highest BCUT2D eigenvalue weighted by molar-refractivity contribution is 6.05. The van der Waals surface area contributed by atoms with Gasteiger partial charge in [0, 0.05) is 26.2 Å². The molecular weight excluding hydrogens is 466 g/mol. The first kappa shape index (κ1) is 24.6. The molecule has 9 heteroatoms. The number of carbonyl (C=O) groups excluding carboxylic acids is 1. The number of aromatic amines is 1. The molecular formula is C28H31N7O2. The summed E-state index contributed by atoms with van der Waals surface area (Å²) >= 11 is 0. The van der Waals surface area contributed by atoms with Crippen LogP contribution >= 0.6 is 0 Å². The van der Waals surface area contributed by atoms with Crippen molar-refractivity contribution in [3.8, 4) is 5.75 Å². The molecule has 0 spiro atoms. The lowest BCUT2D eigenvalue weighted by molar-refractivity contribution is 0.102. The van der Waals surface area contributed by atoms with Crippen LogP contribution in [-0.2, 0) is 0 Å². The van der Waals surface area contributed by atoms with Gasteiger partial charge in [-0.2, -0.15) is 5.21 Å². The van der Waals surface area contributed by atoms with Crippen LogP contribution < -0.4 is 10.1 Å². The number of para-hydroxylation sites is 1. The second kappa shape index (κ2) is 12.2. The number of hydrogen-bond donors (Lipinski definition) is 2. The standard InChI is InChI=1S/C28H31N7O2/c36-27(29-28-30-32-33-31-28)24-14-7-8-15-25(24)37-21-20-34-16-9-17-35(19-18-34)26(22-10-3-1-4-11-22)23-12-5-2-6-13-23/h1-8,10-15,26H,9,16-21H2,(H2,29,30,31,32,33,36). The van der Waals surface area contributed by atoms with E-state index in [0.717, 1.165) is 39.1 Å². The maximum absolute atomic E-state index is 12.6. The Kier molecular flexibility index (Phi) is 8.14. The summed E-state index contributed by atoms with van der Waals surface area (Å²) in [5.74, 6) is 0.321. The number of carbonyl (C=O) groups is 1. The number of anilines is 1. The van der Waals surface area contributed by atoms with E-state index in [0.29, 0.717) is 17.9 Å². The minimum atomic E-state index is -0.338. The van der Waals surface area contributed by atoms with Crippen LogP contribution in [0.1, 0.15) is 33.9 Å². The van der Waals surface area contributed by atoms with Crippen molar-refractivity contribution in [3.63, 3.8) is 0 Å². The Hall–Kier alpha value is -4.08. The second-order valence-electron chi connectivity index (χ2n) is 8.99. The molecule has 0 unspecified atom stereocenters. The summed E-state index contributed by atoms with van der Waals surface area (Å²) in [4.78, 5) is 17.7. The number of nitrogens with zero attached hydrogens (tertiary/aromatic N) is 5. The van der Waals surface area contributed by atoms with Crippen molar-refractivity contribution in [2.75, 3.05) is 44.6 Å². The van der Waals surface area contributed by atoms with Gasteiger partial charge in [0.2, 0.25) is 0 Å². The molecule has 1 aliphatic rings. The van der Waals surface area contributed by atoms with Crippen LogP contribution in [0.4, 0.5) is 5.95 Å². The van der Waals surface area contributed by atoms with Crippen molar-refractivity contribution in [1.29, 1.82) is 0 Å². The van der Waals surface area contributed by atoms with Crippen molar-refractivity contribution in [1.82, 2.24) is 30.4 Å². The summed E-state index contributed by atoms with van der Waals surface area (Å²) in [6, 6.07) is 28.9. The number of nitrogens with one attached hydrogen (secondary N) is 2. The highest BCUT2D eigenvalue weighted by Gasteiger charge is 2.25. The fraction of sp³-hybridized carbons (Fsp3) is 0.286. The third-order valence-corrected chi connectivity index (χ3v) is 6.59. The third-order valence-electron chi connectivity index (χ3n) is 6.59. The van der Waals surface area contributed by atoms with Gasteiger partial charge in [-0.15, -0.1) is 5.10 Å². The number of rotatable bonds is 9. The molecule has 1 aromatic heterocycles. The zero-order valence-corrected chi connectivity index (χ0v) is 20.7. The molecule has 1 fully saturated rings. The van der Waals surface area contributed by atoms with Gasteiger partial charge in [-0.1, -0.05) is 77.9 Å². The van der Waals surface area contributed by atoms with Gasteiger partial charge in [0.25, 0.3) is 11.9 Å². The van der Waals surface area contributed by atoms with Crippen LogP contribution in [0.15, 0.2) is 84.9 Å². The quantitative estimate of drug-likeness (QED) is 0.364. The second-order valence-corrected chi connectivity index (χ2v) is 8.99. The Labute approximate surface area is 216 Å². The minimum Gasteiger partial charge on any atom is -0.491 e. The molecule has 4 aromatic rings. The summed E-state index contributed by atoms with van der Waals surface area (Å²) in [5.41, 5.74) is 3.07. The lowest BCUT2D eigenvalue weighted by Crippen LogP contribution is -2.35. The van der Waals surface area contributed by atoms with Crippen LogP contribution in [0.2, 0.25) is 0 Å². The molecule has 1 aliphatic heterocycles. The van der Waals surface area contributed by atoms with Crippen molar-refractivity contribution in [2.45, 2.75) is 12.5 Å². The predicted octanol–water partition coefficient (Wildman–Crippen LogP) is 3.63. The summed E-state index contributed by atoms with van der Waals surface area (Å²) in [6.07, 6.45) is 1.08. The summed E-state index contributed by atoms with van der Waals surface area (Å²) < 4.78 is 6.05. The van der Waals surface area contributed by atoms with Crippen molar-refractivity contribution >= 4 is 11.9 Å². The molecule has 190 valence electrons. The molecule has 0 saturated carbocycles. The van der Waals surface area contributed by atoms with Gasteiger partial charge in [0.1, 0.15) is 12.4 Å². The van der Waals surface area contributed by atoms with Gasteiger partial charge in [-0.25, -0.2) is 0 Å². The maximum atomic E-state index is 12.6. The van der Waals surface area contributed by atoms with E-state index in [-0.39, 0.29) is 17.9 Å². The van der Waals surface area contributed by atoms with Crippen LogP contribution in [0.25, 0.3) is 0 Å². The molecule has 9 nitrogen and oxygen atoms in total. The van der Waals surface area contributed by atoms with Crippen LogP contribution in [0.5, 0.6) is 5.75 Å². The Balaban J connectivity index is 1.18. The molecule has 5 rings (SSSR count). The fourth-order valence-electron chi connectivity index (χ4n) is 4.81. The minimum absolute atomic E-state index is 0.123. The van der Waals surface area contributed by atoms with Gasteiger partial charge < -0.3 is 4.74 Å². The van der Waals surface area contributed by atoms with E-state index >= 15 is 0 Å². The number of ether oxygens (including phenoxy) is 1. The molecule has 0 aliphatic carbocycles. The highest BCUT2D eigenvalue weighted by Crippen LogP contribution is 2.29. The number of tetrazole rings is 1. The zero-order valence-electron chi connectivity index (χ0n) is 20.7. The Morgan fingerprint density at radius 1 is 0.892 bits per heavy atom. The number of H-pyrrole nitrogens is 1. The lowest BCUT2D eigenvalue weighted by Gasteiger charge is -2.31. The van der Waals surface area contributed by atoms with Crippen LogP contribution in [0, 0.1) is 0 Å². The average molecular weight is 498 g/mol. The molecule has 0 bridgehead atoms. The predicted molar refractivity (Wildman–Crippen MR) is 141 cm³/mol. The summed E-state index contributed by atoms with van der Waals surface area (Å²) in [7, 11) is 0. The number of amides is 1. The van der Waals surface area contributed by atoms with E-state index in [1.165, 1.54) is 11.1 Å². The highest BCUT2D eigenvalue weighted by atomic mass is 16.5. The zero-order chi connectivity index (χ0) is 25.3. The normalized spacial score (nSPS) is 14.8. The van der Waals surface area contributed by atoms with E-state index in [1.807, 2.05) is 6.07 Å². The molecule has 37 heavy (non-hydrogen) atoms. The molecule has 0 radical (unpaired) electrons. The third kappa shape index (κ3) is 6.38. The first-order valence-electron chi connectivity index (χ1n) is 12.6. The Morgan fingerprint density at radius 3 is 2.30 bits per heavy atom. The molecule has 1 amide bonds. The lowest BCUT2D eigenvalue weighted by atomic mass is 9.97. The molecule has 0 atom stereocenters. The molecule has 1 saturated heterocycles. The van der Waals surface area contributed by atoms with Crippen molar-refractivity contribution in [3.05, 3.63) is 102 Å². The van der Waals surface area contributed by atoms with Gasteiger partial charge in [-0.3, -0.25) is 19.9 Å². The SMILES string of the molecule is O=C(Nc1nn[nH]n1)c1ccccc1OCCN1CCCN(C(c2ccccc2)c2ccccc2)CC1. The van der Waals surface area contributed by atoms with E-state index in [1.54, 1.807) is 18.2 Å². The van der Waals surface area contributed by atoms with Gasteiger partial charge in [0.05, 0.1) is 11.6 Å². The number of benzene rings is 3. The van der Waals surface area contributed by atoms with E-state index in [9.17, 15) is 4.79 Å². The average Bonchev–Trinajstić information content (AvgIpc) is 3.35. The van der Waals surface area contributed by atoms with E-state index in [4.69, 9.17) is 4.74 Å². The Morgan fingerprint density at radius 2 is 1.59 bits per heavy atom. The van der Waals surface area contributed by atoms with Crippen LogP contribution in [-0.4, -0.2) is 75.7 Å². The molecule has 2 heterocycles. The van der Waals surface area contributed by atoms with Gasteiger partial charge in [0.15, 0.2) is 0 Å². The molecule has 3 aromatic carbocycles. The van der Waals surface area contributed by atoms with Crippen molar-refractivity contribution in [2.24, 2.45) is 0 Å². The van der Waals surface area contributed by atoms with E-state index in [2.05, 4.69) is 96.4 Å².